The Kier molecular flexibility index (Phi) is 5.52. The van der Waals surface area contributed by atoms with Crippen molar-refractivity contribution in [3.63, 3.8) is 0 Å². The Morgan fingerprint density at radius 3 is 2.65 bits per heavy atom. The van der Waals surface area contributed by atoms with Crippen LogP contribution in [0.5, 0.6) is 0 Å². The van der Waals surface area contributed by atoms with E-state index in [2.05, 4.69) is 10.3 Å². The SMILES string of the molecule is N#CC(=Cc1cn(-c2ccccc2)nc1-c1cc2ccccc2o1)C(=O)Nc1cccc2ncccc12. The van der Waals surface area contributed by atoms with Crippen molar-refractivity contribution in [3.05, 3.63) is 115 Å². The largest absolute Gasteiger partial charge is 0.454 e. The summed E-state index contributed by atoms with van der Waals surface area (Å²) in [5.74, 6) is 0.0156. The second kappa shape index (κ2) is 9.29. The summed E-state index contributed by atoms with van der Waals surface area (Å²) in [5.41, 5.74) is 3.93. The Morgan fingerprint density at radius 1 is 0.973 bits per heavy atom. The van der Waals surface area contributed by atoms with Crippen LogP contribution in [0.25, 0.3) is 45.1 Å². The zero-order valence-electron chi connectivity index (χ0n) is 19.5. The highest BCUT2D eigenvalue weighted by molar-refractivity contribution is 6.12. The van der Waals surface area contributed by atoms with Gasteiger partial charge >= 0.3 is 0 Å². The third kappa shape index (κ3) is 4.24. The maximum atomic E-state index is 13.2. The third-order valence-corrected chi connectivity index (χ3v) is 5.98. The van der Waals surface area contributed by atoms with E-state index >= 15 is 0 Å². The zero-order valence-corrected chi connectivity index (χ0v) is 19.5. The van der Waals surface area contributed by atoms with Crippen LogP contribution in [0.2, 0.25) is 0 Å². The van der Waals surface area contributed by atoms with E-state index < -0.39 is 5.91 Å². The van der Waals surface area contributed by atoms with Gasteiger partial charge < -0.3 is 9.73 Å². The van der Waals surface area contributed by atoms with Gasteiger partial charge in [-0.3, -0.25) is 9.78 Å². The molecule has 3 heterocycles. The molecule has 0 fully saturated rings. The van der Waals surface area contributed by atoms with Gasteiger partial charge in [-0.2, -0.15) is 10.4 Å². The molecule has 7 nitrogen and oxygen atoms in total. The molecule has 0 bridgehead atoms. The number of fused-ring (bicyclic) bond motifs is 2. The first-order valence-corrected chi connectivity index (χ1v) is 11.6. The molecule has 0 aliphatic heterocycles. The van der Waals surface area contributed by atoms with Crippen molar-refractivity contribution >= 4 is 39.5 Å². The molecular formula is C30H19N5O2. The molecule has 6 rings (SSSR count). The smallest absolute Gasteiger partial charge is 0.266 e. The van der Waals surface area contributed by atoms with Crippen LogP contribution >= 0.6 is 0 Å². The summed E-state index contributed by atoms with van der Waals surface area (Å²) in [6.07, 6.45) is 5.01. The highest BCUT2D eigenvalue weighted by Gasteiger charge is 2.18. The van der Waals surface area contributed by atoms with E-state index in [1.807, 2.05) is 84.9 Å². The van der Waals surface area contributed by atoms with Crippen LogP contribution in [0, 0.1) is 11.3 Å². The minimum Gasteiger partial charge on any atom is -0.454 e. The summed E-state index contributed by atoms with van der Waals surface area (Å²) >= 11 is 0. The molecule has 0 atom stereocenters. The lowest BCUT2D eigenvalue weighted by Gasteiger charge is -2.07. The van der Waals surface area contributed by atoms with E-state index in [0.29, 0.717) is 22.7 Å². The number of para-hydroxylation sites is 2. The summed E-state index contributed by atoms with van der Waals surface area (Å²) < 4.78 is 7.77. The number of benzene rings is 3. The molecule has 0 radical (unpaired) electrons. The van der Waals surface area contributed by atoms with Gasteiger partial charge in [-0.25, -0.2) is 4.68 Å². The molecule has 0 spiro atoms. The molecule has 3 aromatic carbocycles. The van der Waals surface area contributed by atoms with Crippen molar-refractivity contribution in [3.8, 4) is 23.2 Å². The summed E-state index contributed by atoms with van der Waals surface area (Å²) in [5, 5.41) is 19.2. The van der Waals surface area contributed by atoms with E-state index in [4.69, 9.17) is 9.52 Å². The van der Waals surface area contributed by atoms with Crippen LogP contribution in [0.15, 0.2) is 113 Å². The lowest BCUT2D eigenvalue weighted by atomic mass is 10.1. The van der Waals surface area contributed by atoms with Crippen molar-refractivity contribution < 1.29 is 9.21 Å². The number of hydrogen-bond acceptors (Lipinski definition) is 5. The van der Waals surface area contributed by atoms with Gasteiger partial charge in [-0.05, 0) is 54.6 Å². The van der Waals surface area contributed by atoms with Gasteiger partial charge in [-0.15, -0.1) is 0 Å². The first-order chi connectivity index (χ1) is 18.2. The van der Waals surface area contributed by atoms with Gasteiger partial charge in [-0.1, -0.05) is 42.5 Å². The van der Waals surface area contributed by atoms with Crippen LogP contribution < -0.4 is 5.32 Å². The summed E-state index contributed by atoms with van der Waals surface area (Å²) in [4.78, 5) is 17.5. The molecule has 6 aromatic rings. The predicted molar refractivity (Wildman–Crippen MR) is 143 cm³/mol. The number of nitrogens with zero attached hydrogens (tertiary/aromatic N) is 4. The molecule has 0 aliphatic rings. The van der Waals surface area contributed by atoms with Gasteiger partial charge in [0.05, 0.1) is 16.9 Å². The van der Waals surface area contributed by atoms with Crippen LogP contribution in [-0.4, -0.2) is 20.7 Å². The fraction of sp³-hybridized carbons (Fsp3) is 0. The number of nitriles is 1. The molecule has 0 saturated heterocycles. The number of rotatable bonds is 5. The molecule has 1 amide bonds. The molecule has 0 saturated carbocycles. The van der Waals surface area contributed by atoms with Gasteiger partial charge in [0.1, 0.15) is 22.9 Å². The number of hydrogen-bond donors (Lipinski definition) is 1. The van der Waals surface area contributed by atoms with Crippen molar-refractivity contribution in [1.29, 1.82) is 5.26 Å². The number of nitrogens with one attached hydrogen (secondary N) is 1. The van der Waals surface area contributed by atoms with Gasteiger partial charge in [0, 0.05) is 28.7 Å². The normalized spacial score (nSPS) is 11.5. The van der Waals surface area contributed by atoms with Crippen LogP contribution in [0.4, 0.5) is 5.69 Å². The molecule has 0 unspecified atom stereocenters. The monoisotopic (exact) mass is 481 g/mol. The van der Waals surface area contributed by atoms with E-state index in [1.54, 1.807) is 29.2 Å². The molecule has 3 aromatic heterocycles. The van der Waals surface area contributed by atoms with Crippen molar-refractivity contribution in [2.75, 3.05) is 5.32 Å². The topological polar surface area (TPSA) is 96.7 Å². The molecule has 1 N–H and O–H groups in total. The minimum atomic E-state index is -0.526. The van der Waals surface area contributed by atoms with E-state index in [1.165, 1.54) is 6.08 Å². The highest BCUT2D eigenvalue weighted by atomic mass is 16.3. The van der Waals surface area contributed by atoms with Gasteiger partial charge in [0.2, 0.25) is 0 Å². The molecular weight excluding hydrogens is 462 g/mol. The number of aromatic nitrogens is 3. The fourth-order valence-electron chi connectivity index (χ4n) is 4.20. The maximum absolute atomic E-state index is 13.2. The van der Waals surface area contributed by atoms with Crippen molar-refractivity contribution in [2.45, 2.75) is 0 Å². The number of carbonyl (C=O) groups is 1. The fourth-order valence-corrected chi connectivity index (χ4v) is 4.20. The van der Waals surface area contributed by atoms with E-state index in [-0.39, 0.29) is 5.57 Å². The second-order valence-electron chi connectivity index (χ2n) is 8.36. The molecule has 0 aliphatic carbocycles. The minimum absolute atomic E-state index is 0.0640. The lowest BCUT2D eigenvalue weighted by Crippen LogP contribution is -2.13. The number of amides is 1. The summed E-state index contributed by atoms with van der Waals surface area (Å²) in [6.45, 7) is 0. The van der Waals surface area contributed by atoms with E-state index in [9.17, 15) is 10.1 Å². The maximum Gasteiger partial charge on any atom is 0.266 e. The highest BCUT2D eigenvalue weighted by Crippen LogP contribution is 2.31. The Hall–Kier alpha value is -5.48. The van der Waals surface area contributed by atoms with Gasteiger partial charge in [0.25, 0.3) is 5.91 Å². The van der Waals surface area contributed by atoms with Crippen LogP contribution in [-0.2, 0) is 4.79 Å². The average Bonchev–Trinajstić information content (AvgIpc) is 3.56. The number of anilines is 1. The Morgan fingerprint density at radius 2 is 1.81 bits per heavy atom. The quantitative estimate of drug-likeness (QED) is 0.228. The summed E-state index contributed by atoms with van der Waals surface area (Å²) in [7, 11) is 0. The second-order valence-corrected chi connectivity index (χ2v) is 8.36. The molecule has 7 heteroatoms. The average molecular weight is 482 g/mol. The standard InChI is InChI=1S/C30H19N5O2/c31-18-21(30(36)33-26-13-6-12-25-24(26)11-7-15-32-25)16-22-19-35(23-9-2-1-3-10-23)34-29(22)28-17-20-8-4-5-14-27(20)37-28/h1-17,19H,(H,33,36). The Bertz CT molecular complexity index is 1800. The summed E-state index contributed by atoms with van der Waals surface area (Å²) in [6, 6.07) is 30.4. The predicted octanol–water partition coefficient (Wildman–Crippen LogP) is 6.38. The van der Waals surface area contributed by atoms with Crippen molar-refractivity contribution in [2.24, 2.45) is 0 Å². The van der Waals surface area contributed by atoms with Crippen LogP contribution in [0.1, 0.15) is 5.56 Å². The lowest BCUT2D eigenvalue weighted by molar-refractivity contribution is -0.112. The third-order valence-electron chi connectivity index (χ3n) is 5.98. The molecule has 37 heavy (non-hydrogen) atoms. The Labute approximate surface area is 211 Å². The first kappa shape index (κ1) is 22.0. The number of pyridine rings is 1. The number of carbonyl (C=O) groups excluding carboxylic acids is 1. The number of furan rings is 1. The Balaban J connectivity index is 1.42. The zero-order chi connectivity index (χ0) is 25.2. The van der Waals surface area contributed by atoms with Crippen molar-refractivity contribution in [1.82, 2.24) is 14.8 Å². The van der Waals surface area contributed by atoms with Crippen LogP contribution in [0.3, 0.4) is 0 Å². The molecule has 176 valence electrons. The first-order valence-electron chi connectivity index (χ1n) is 11.6. The van der Waals surface area contributed by atoms with Gasteiger partial charge in [0.15, 0.2) is 5.76 Å². The van der Waals surface area contributed by atoms with E-state index in [0.717, 1.165) is 27.6 Å².